The van der Waals surface area contributed by atoms with Crippen LogP contribution >= 0.6 is 0 Å². The second kappa shape index (κ2) is 13.1. The number of fused-ring (bicyclic) bond motifs is 1. The molecule has 2 aliphatic rings. The monoisotopic (exact) mass is 389 g/mol. The smallest absolute Gasteiger partial charge is 0.161 e. The van der Waals surface area contributed by atoms with E-state index in [1.807, 2.05) is 24.3 Å². The number of nitrogens with zero attached hydrogens (tertiary/aromatic N) is 1. The van der Waals surface area contributed by atoms with E-state index in [0.717, 1.165) is 24.5 Å². The molecule has 0 N–H and O–H groups in total. The van der Waals surface area contributed by atoms with Crippen LogP contribution in [0.3, 0.4) is 0 Å². The maximum Gasteiger partial charge on any atom is 0.161 e. The van der Waals surface area contributed by atoms with Gasteiger partial charge in [-0.25, -0.2) is 0 Å². The minimum Gasteiger partial charge on any atom is -0.486 e. The minimum atomic E-state index is 0.0137. The van der Waals surface area contributed by atoms with Crippen molar-refractivity contribution in [2.45, 2.75) is 76.7 Å². The molecule has 0 bridgehead atoms. The Hall–Kier alpha value is -1.26. The van der Waals surface area contributed by atoms with E-state index in [0.29, 0.717) is 13.2 Å². The molecule has 0 radical (unpaired) electrons. The average Bonchev–Trinajstić information content (AvgIpc) is 2.75. The fraction of sp³-hybridized carbons (Fsp3) is 0.750. The molecule has 0 amide bonds. The molecular formula is C24H39NO3. The van der Waals surface area contributed by atoms with E-state index in [4.69, 9.17) is 14.2 Å². The third kappa shape index (κ3) is 8.00. The second-order valence-electron chi connectivity index (χ2n) is 8.30. The van der Waals surface area contributed by atoms with E-state index in [1.165, 1.54) is 83.8 Å². The van der Waals surface area contributed by atoms with E-state index < -0.39 is 0 Å². The largest absolute Gasteiger partial charge is 0.486 e. The molecule has 1 aromatic carbocycles. The molecule has 28 heavy (non-hydrogen) atoms. The van der Waals surface area contributed by atoms with Gasteiger partial charge in [0.1, 0.15) is 6.61 Å². The van der Waals surface area contributed by atoms with Crippen LogP contribution in [0.2, 0.25) is 0 Å². The molecule has 4 heteroatoms. The van der Waals surface area contributed by atoms with Crippen molar-refractivity contribution in [1.82, 2.24) is 4.90 Å². The van der Waals surface area contributed by atoms with Crippen molar-refractivity contribution in [2.24, 2.45) is 0 Å². The lowest BCUT2D eigenvalue weighted by atomic mass is 10.1. The van der Waals surface area contributed by atoms with Gasteiger partial charge < -0.3 is 19.1 Å². The summed E-state index contributed by atoms with van der Waals surface area (Å²) in [6.45, 7) is 6.04. The topological polar surface area (TPSA) is 30.9 Å². The Balaban J connectivity index is 1.07. The maximum atomic E-state index is 5.91. The first kappa shape index (κ1) is 21.4. The molecular weight excluding hydrogens is 350 g/mol. The second-order valence-corrected chi connectivity index (χ2v) is 8.30. The predicted octanol–water partition coefficient (Wildman–Crippen LogP) is 5.45. The van der Waals surface area contributed by atoms with Crippen LogP contribution in [0.25, 0.3) is 0 Å². The van der Waals surface area contributed by atoms with Gasteiger partial charge in [0.2, 0.25) is 0 Å². The van der Waals surface area contributed by atoms with Gasteiger partial charge in [-0.1, -0.05) is 57.1 Å². The Morgan fingerprint density at radius 1 is 0.821 bits per heavy atom. The molecule has 3 rings (SSSR count). The van der Waals surface area contributed by atoms with Crippen LogP contribution in [0.4, 0.5) is 0 Å². The normalized spacial score (nSPS) is 19.6. The number of para-hydroxylation sites is 2. The molecule has 0 aliphatic carbocycles. The van der Waals surface area contributed by atoms with Crippen LogP contribution in [0.5, 0.6) is 11.5 Å². The molecule has 4 nitrogen and oxygen atoms in total. The fourth-order valence-electron chi connectivity index (χ4n) is 4.14. The zero-order chi connectivity index (χ0) is 19.3. The van der Waals surface area contributed by atoms with Gasteiger partial charge in [0.15, 0.2) is 17.6 Å². The highest BCUT2D eigenvalue weighted by molar-refractivity contribution is 5.40. The summed E-state index contributed by atoms with van der Waals surface area (Å²) in [7, 11) is 0. The summed E-state index contributed by atoms with van der Waals surface area (Å²) in [6.07, 6.45) is 15.0. The van der Waals surface area contributed by atoms with Crippen LogP contribution in [0.15, 0.2) is 24.3 Å². The van der Waals surface area contributed by atoms with E-state index >= 15 is 0 Å². The third-order valence-electron chi connectivity index (χ3n) is 5.83. The van der Waals surface area contributed by atoms with E-state index in [-0.39, 0.29) is 6.10 Å². The van der Waals surface area contributed by atoms with Gasteiger partial charge >= 0.3 is 0 Å². The first-order chi connectivity index (χ1) is 13.9. The minimum absolute atomic E-state index is 0.0137. The van der Waals surface area contributed by atoms with Crippen LogP contribution in [-0.2, 0) is 4.74 Å². The number of unbranched alkanes of at least 4 members (excludes halogenated alkanes) is 7. The van der Waals surface area contributed by atoms with Crippen molar-refractivity contribution in [3.05, 3.63) is 24.3 Å². The van der Waals surface area contributed by atoms with E-state index in [9.17, 15) is 0 Å². The number of hydrogen-bond donors (Lipinski definition) is 0. The highest BCUT2D eigenvalue weighted by atomic mass is 16.6. The standard InChI is InChI=1S/C24H39NO3/c1(3-5-10-16-25-17-11-7-12-18-25)2-4-6-13-19-26-20-22-21-27-23-14-8-9-15-24(23)28-22/h8-9,14-15,22H,1-7,10-13,16-21H2/t22-/m0/s1. The highest BCUT2D eigenvalue weighted by Gasteiger charge is 2.20. The van der Waals surface area contributed by atoms with Gasteiger partial charge in [-0.15, -0.1) is 0 Å². The lowest BCUT2D eigenvalue weighted by Crippen LogP contribution is -2.33. The molecule has 1 atom stereocenters. The van der Waals surface area contributed by atoms with Crippen molar-refractivity contribution in [2.75, 3.05) is 39.5 Å². The molecule has 1 aromatic rings. The van der Waals surface area contributed by atoms with Gasteiger partial charge in [-0.3, -0.25) is 0 Å². The lowest BCUT2D eigenvalue weighted by Gasteiger charge is -2.26. The van der Waals surface area contributed by atoms with Gasteiger partial charge in [0.05, 0.1) is 6.61 Å². The lowest BCUT2D eigenvalue weighted by molar-refractivity contribution is 0.00778. The molecule has 0 unspecified atom stereocenters. The summed E-state index contributed by atoms with van der Waals surface area (Å²) in [5.41, 5.74) is 0. The third-order valence-corrected chi connectivity index (χ3v) is 5.83. The average molecular weight is 390 g/mol. The summed E-state index contributed by atoms with van der Waals surface area (Å²) in [4.78, 5) is 2.66. The number of benzene rings is 1. The van der Waals surface area contributed by atoms with Gasteiger partial charge in [-0.2, -0.15) is 0 Å². The summed E-state index contributed by atoms with van der Waals surface area (Å²) in [5.74, 6) is 1.67. The van der Waals surface area contributed by atoms with Crippen molar-refractivity contribution in [3.8, 4) is 11.5 Å². The fourth-order valence-corrected chi connectivity index (χ4v) is 4.14. The first-order valence-electron chi connectivity index (χ1n) is 11.6. The number of ether oxygens (including phenoxy) is 3. The maximum absolute atomic E-state index is 5.91. The number of rotatable bonds is 13. The Morgan fingerprint density at radius 3 is 2.29 bits per heavy atom. The van der Waals surface area contributed by atoms with Crippen LogP contribution in [0, 0.1) is 0 Å². The van der Waals surface area contributed by atoms with Crippen LogP contribution in [-0.4, -0.2) is 50.5 Å². The molecule has 0 saturated carbocycles. The quantitative estimate of drug-likeness (QED) is 0.420. The predicted molar refractivity (Wildman–Crippen MR) is 114 cm³/mol. The van der Waals surface area contributed by atoms with Gasteiger partial charge in [0, 0.05) is 6.61 Å². The van der Waals surface area contributed by atoms with Crippen molar-refractivity contribution in [3.63, 3.8) is 0 Å². The van der Waals surface area contributed by atoms with E-state index in [1.54, 1.807) is 0 Å². The molecule has 0 spiro atoms. The number of piperidine rings is 1. The Labute approximate surface area is 171 Å². The molecule has 2 heterocycles. The highest BCUT2D eigenvalue weighted by Crippen LogP contribution is 2.30. The Morgan fingerprint density at radius 2 is 1.50 bits per heavy atom. The molecule has 1 saturated heterocycles. The Bertz CT molecular complexity index is 530. The molecule has 1 fully saturated rings. The van der Waals surface area contributed by atoms with Crippen molar-refractivity contribution < 1.29 is 14.2 Å². The Kier molecular flexibility index (Phi) is 10.00. The van der Waals surface area contributed by atoms with Crippen molar-refractivity contribution in [1.29, 1.82) is 0 Å². The van der Waals surface area contributed by atoms with Gasteiger partial charge in [-0.05, 0) is 57.5 Å². The van der Waals surface area contributed by atoms with Crippen molar-refractivity contribution >= 4 is 0 Å². The number of likely N-dealkylation sites (tertiary alicyclic amines) is 1. The SMILES string of the molecule is c1ccc2c(c1)OC[C@H](COCCCCCCCCCCN1CCCCC1)O2. The number of hydrogen-bond acceptors (Lipinski definition) is 4. The zero-order valence-electron chi connectivity index (χ0n) is 17.6. The molecule has 0 aromatic heterocycles. The van der Waals surface area contributed by atoms with E-state index in [2.05, 4.69) is 4.90 Å². The molecule has 158 valence electrons. The summed E-state index contributed by atoms with van der Waals surface area (Å²) in [5, 5.41) is 0. The summed E-state index contributed by atoms with van der Waals surface area (Å²) < 4.78 is 17.4. The summed E-state index contributed by atoms with van der Waals surface area (Å²) >= 11 is 0. The first-order valence-corrected chi connectivity index (χ1v) is 11.6. The van der Waals surface area contributed by atoms with Gasteiger partial charge in [0.25, 0.3) is 0 Å². The van der Waals surface area contributed by atoms with Crippen LogP contribution in [0.1, 0.15) is 70.6 Å². The summed E-state index contributed by atoms with van der Waals surface area (Å²) in [6, 6.07) is 7.84. The molecule has 2 aliphatic heterocycles. The zero-order valence-corrected chi connectivity index (χ0v) is 17.6. The van der Waals surface area contributed by atoms with Crippen LogP contribution < -0.4 is 9.47 Å².